The maximum absolute atomic E-state index is 12.2. The Morgan fingerprint density at radius 2 is 2.38 bits per heavy atom. The quantitative estimate of drug-likeness (QED) is 0.737. The second-order valence-electron chi connectivity index (χ2n) is 5.65. The average Bonchev–Trinajstić information content (AvgIpc) is 2.89. The van der Waals surface area contributed by atoms with Crippen LogP contribution in [0.3, 0.4) is 0 Å². The lowest BCUT2D eigenvalue weighted by Crippen LogP contribution is -2.56. The van der Waals surface area contributed by atoms with Gasteiger partial charge < -0.3 is 25.0 Å². The fourth-order valence-corrected chi connectivity index (χ4v) is 2.25. The molecule has 116 valence electrons. The number of ether oxygens (including phenoxy) is 1. The molecule has 1 unspecified atom stereocenters. The van der Waals surface area contributed by atoms with Crippen molar-refractivity contribution in [1.82, 2.24) is 20.2 Å². The van der Waals surface area contributed by atoms with Gasteiger partial charge in [0.15, 0.2) is 0 Å². The van der Waals surface area contributed by atoms with Crippen LogP contribution in [0.4, 0.5) is 4.79 Å². The highest BCUT2D eigenvalue weighted by Crippen LogP contribution is 2.16. The van der Waals surface area contributed by atoms with Gasteiger partial charge in [0.25, 0.3) is 0 Å². The van der Waals surface area contributed by atoms with Crippen molar-refractivity contribution in [2.45, 2.75) is 31.9 Å². The van der Waals surface area contributed by atoms with Crippen molar-refractivity contribution in [1.29, 1.82) is 0 Å². The third-order valence-electron chi connectivity index (χ3n) is 3.29. The van der Waals surface area contributed by atoms with Crippen molar-refractivity contribution < 1.29 is 19.4 Å². The van der Waals surface area contributed by atoms with Crippen molar-refractivity contribution in [3.8, 4) is 0 Å². The summed E-state index contributed by atoms with van der Waals surface area (Å²) in [5.74, 6) is -1.08. The summed E-state index contributed by atoms with van der Waals surface area (Å²) < 4.78 is 5.53. The fraction of sp³-hybridized carbons (Fsp3) is 0.615. The molecule has 2 rings (SSSR count). The first-order valence-electron chi connectivity index (χ1n) is 6.77. The summed E-state index contributed by atoms with van der Waals surface area (Å²) >= 11 is 0. The number of nitrogens with one attached hydrogen (secondary N) is 2. The van der Waals surface area contributed by atoms with Gasteiger partial charge >= 0.3 is 12.0 Å². The van der Waals surface area contributed by atoms with Gasteiger partial charge in [0.1, 0.15) is 6.04 Å². The number of hydrogen-bond acceptors (Lipinski definition) is 4. The van der Waals surface area contributed by atoms with Gasteiger partial charge in [-0.3, -0.25) is 0 Å². The molecule has 1 aromatic rings. The van der Waals surface area contributed by atoms with E-state index in [-0.39, 0.29) is 6.42 Å². The molecule has 0 radical (unpaired) electrons. The van der Waals surface area contributed by atoms with Gasteiger partial charge in [-0.1, -0.05) is 0 Å². The molecule has 1 aliphatic heterocycles. The lowest BCUT2D eigenvalue weighted by atomic mass is 10.1. The van der Waals surface area contributed by atoms with E-state index in [1.54, 1.807) is 11.1 Å². The minimum Gasteiger partial charge on any atom is -0.480 e. The highest BCUT2D eigenvalue weighted by molar-refractivity contribution is 5.82. The summed E-state index contributed by atoms with van der Waals surface area (Å²) in [6.45, 7) is 5.11. The molecule has 0 aromatic carbocycles. The highest BCUT2D eigenvalue weighted by atomic mass is 16.5. The number of carbonyl (C=O) groups excluding carboxylic acids is 1. The first kappa shape index (κ1) is 15.3. The first-order chi connectivity index (χ1) is 9.87. The summed E-state index contributed by atoms with van der Waals surface area (Å²) in [4.78, 5) is 31.7. The standard InChI is InChI=1S/C13H20N4O4/c1-13(2)7-17(3-4-21-13)12(20)16-10(11(18)19)5-9-6-14-8-15-9/h6,8,10H,3-5,7H2,1-2H3,(H,14,15)(H,16,20)(H,18,19). The average molecular weight is 296 g/mol. The predicted molar refractivity (Wildman–Crippen MR) is 73.9 cm³/mol. The van der Waals surface area contributed by atoms with Crippen molar-refractivity contribution in [2.75, 3.05) is 19.7 Å². The molecule has 1 atom stereocenters. The fourth-order valence-electron chi connectivity index (χ4n) is 2.25. The van der Waals surface area contributed by atoms with E-state index in [1.807, 2.05) is 13.8 Å². The summed E-state index contributed by atoms with van der Waals surface area (Å²) in [7, 11) is 0. The van der Waals surface area contributed by atoms with Gasteiger partial charge in [-0.2, -0.15) is 0 Å². The summed E-state index contributed by atoms with van der Waals surface area (Å²) in [6, 6.07) is -1.39. The van der Waals surface area contributed by atoms with E-state index < -0.39 is 23.6 Å². The van der Waals surface area contributed by atoms with E-state index in [9.17, 15) is 14.7 Å². The zero-order chi connectivity index (χ0) is 15.5. The topological polar surface area (TPSA) is 108 Å². The molecule has 1 saturated heterocycles. The Labute approximate surface area is 122 Å². The van der Waals surface area contributed by atoms with Crippen LogP contribution in [0.1, 0.15) is 19.5 Å². The van der Waals surface area contributed by atoms with Gasteiger partial charge in [0.05, 0.1) is 25.1 Å². The molecule has 0 bridgehead atoms. The Morgan fingerprint density at radius 3 is 2.95 bits per heavy atom. The third kappa shape index (κ3) is 4.19. The molecule has 2 amide bonds. The second kappa shape index (κ2) is 6.13. The molecule has 0 spiro atoms. The molecular formula is C13H20N4O4. The normalized spacial score (nSPS) is 19.0. The van der Waals surface area contributed by atoms with Gasteiger partial charge in [0.2, 0.25) is 0 Å². The van der Waals surface area contributed by atoms with Crippen LogP contribution in [-0.4, -0.2) is 63.3 Å². The Bertz CT molecular complexity index is 500. The van der Waals surface area contributed by atoms with Crippen LogP contribution in [0.5, 0.6) is 0 Å². The Morgan fingerprint density at radius 1 is 1.62 bits per heavy atom. The lowest BCUT2D eigenvalue weighted by molar-refractivity contribution is -0.139. The number of H-pyrrole nitrogens is 1. The molecule has 21 heavy (non-hydrogen) atoms. The van der Waals surface area contributed by atoms with Gasteiger partial charge in [-0.25, -0.2) is 14.6 Å². The van der Waals surface area contributed by atoms with Crippen LogP contribution in [0, 0.1) is 0 Å². The number of aliphatic carboxylic acids is 1. The maximum Gasteiger partial charge on any atom is 0.326 e. The minimum absolute atomic E-state index is 0.162. The molecule has 3 N–H and O–H groups in total. The maximum atomic E-state index is 12.2. The number of hydrogen-bond donors (Lipinski definition) is 3. The number of rotatable bonds is 4. The monoisotopic (exact) mass is 296 g/mol. The van der Waals surface area contributed by atoms with E-state index in [0.717, 1.165) is 0 Å². The number of aromatic nitrogens is 2. The Hall–Kier alpha value is -2.09. The van der Waals surface area contributed by atoms with E-state index >= 15 is 0 Å². The number of carbonyl (C=O) groups is 2. The molecule has 8 heteroatoms. The van der Waals surface area contributed by atoms with Crippen LogP contribution < -0.4 is 5.32 Å². The number of urea groups is 1. The summed E-state index contributed by atoms with van der Waals surface area (Å²) in [5.41, 5.74) is 0.238. The lowest BCUT2D eigenvalue weighted by Gasteiger charge is -2.38. The van der Waals surface area contributed by atoms with E-state index in [2.05, 4.69) is 15.3 Å². The van der Waals surface area contributed by atoms with Crippen molar-refractivity contribution >= 4 is 12.0 Å². The molecule has 2 heterocycles. The van der Waals surface area contributed by atoms with Gasteiger partial charge in [-0.15, -0.1) is 0 Å². The number of amides is 2. The van der Waals surface area contributed by atoms with Crippen LogP contribution in [0.25, 0.3) is 0 Å². The molecule has 1 aromatic heterocycles. The largest absolute Gasteiger partial charge is 0.480 e. The second-order valence-corrected chi connectivity index (χ2v) is 5.65. The zero-order valence-corrected chi connectivity index (χ0v) is 12.1. The molecule has 0 saturated carbocycles. The van der Waals surface area contributed by atoms with E-state index in [1.165, 1.54) is 6.33 Å². The molecular weight excluding hydrogens is 276 g/mol. The van der Waals surface area contributed by atoms with E-state index in [4.69, 9.17) is 4.74 Å². The first-order valence-corrected chi connectivity index (χ1v) is 6.77. The molecule has 1 aliphatic rings. The summed E-state index contributed by atoms with van der Waals surface area (Å²) in [6.07, 6.45) is 3.18. The van der Waals surface area contributed by atoms with Crippen LogP contribution >= 0.6 is 0 Å². The van der Waals surface area contributed by atoms with Gasteiger partial charge in [0, 0.05) is 24.9 Å². The van der Waals surface area contributed by atoms with Crippen LogP contribution in [0.15, 0.2) is 12.5 Å². The number of carboxylic acid groups (broad SMARTS) is 1. The van der Waals surface area contributed by atoms with Gasteiger partial charge in [-0.05, 0) is 13.8 Å². The minimum atomic E-state index is -1.08. The number of nitrogens with zero attached hydrogens (tertiary/aromatic N) is 2. The van der Waals surface area contributed by atoms with Crippen LogP contribution in [0.2, 0.25) is 0 Å². The van der Waals surface area contributed by atoms with E-state index in [0.29, 0.717) is 25.4 Å². The number of carboxylic acids is 1. The third-order valence-corrected chi connectivity index (χ3v) is 3.29. The Kier molecular flexibility index (Phi) is 4.46. The molecule has 1 fully saturated rings. The predicted octanol–water partition coefficient (Wildman–Crippen LogP) is 0.226. The molecule has 8 nitrogen and oxygen atoms in total. The van der Waals surface area contributed by atoms with Crippen molar-refractivity contribution in [2.24, 2.45) is 0 Å². The smallest absolute Gasteiger partial charge is 0.326 e. The number of morpholine rings is 1. The van der Waals surface area contributed by atoms with Crippen molar-refractivity contribution in [3.05, 3.63) is 18.2 Å². The van der Waals surface area contributed by atoms with Crippen LogP contribution in [-0.2, 0) is 16.0 Å². The molecule has 0 aliphatic carbocycles. The highest BCUT2D eigenvalue weighted by Gasteiger charge is 2.31. The summed E-state index contributed by atoms with van der Waals surface area (Å²) in [5, 5.41) is 11.8. The van der Waals surface area contributed by atoms with Crippen molar-refractivity contribution in [3.63, 3.8) is 0 Å². The number of aromatic amines is 1. The zero-order valence-electron chi connectivity index (χ0n) is 12.1. The SMILES string of the molecule is CC1(C)CN(C(=O)NC(Cc2cnc[nH]2)C(=O)O)CCO1. The number of imidazole rings is 1. The Balaban J connectivity index is 1.96.